The quantitative estimate of drug-likeness (QED) is 0.829. The van der Waals surface area contributed by atoms with Crippen LogP contribution < -0.4 is 5.73 Å². The van der Waals surface area contributed by atoms with Crippen LogP contribution in [0.1, 0.15) is 20.3 Å². The Kier molecular flexibility index (Phi) is 5.35. The SMILES string of the molecule is CC(C)N(CCC#N)S(=O)(=O)c1ccc(N)c(Br)c1. The third-order valence-corrected chi connectivity index (χ3v) is 5.36. The van der Waals surface area contributed by atoms with E-state index in [0.29, 0.717) is 10.2 Å². The highest BCUT2D eigenvalue weighted by atomic mass is 79.9. The maximum atomic E-state index is 12.5. The van der Waals surface area contributed by atoms with E-state index in [1.54, 1.807) is 19.9 Å². The van der Waals surface area contributed by atoms with Crippen molar-refractivity contribution in [3.05, 3.63) is 22.7 Å². The second kappa shape index (κ2) is 6.37. The molecule has 1 rings (SSSR count). The van der Waals surface area contributed by atoms with Crippen LogP contribution in [0.3, 0.4) is 0 Å². The summed E-state index contributed by atoms with van der Waals surface area (Å²) in [5, 5.41) is 8.62. The lowest BCUT2D eigenvalue weighted by Crippen LogP contribution is -2.37. The number of anilines is 1. The van der Waals surface area contributed by atoms with Crippen LogP contribution >= 0.6 is 15.9 Å². The highest BCUT2D eigenvalue weighted by Crippen LogP contribution is 2.26. The molecule has 0 fully saturated rings. The smallest absolute Gasteiger partial charge is 0.243 e. The number of nitrogens with two attached hydrogens (primary N) is 1. The van der Waals surface area contributed by atoms with Crippen LogP contribution in [0.4, 0.5) is 5.69 Å². The van der Waals surface area contributed by atoms with E-state index >= 15 is 0 Å². The molecule has 19 heavy (non-hydrogen) atoms. The van der Waals surface area contributed by atoms with E-state index in [1.165, 1.54) is 16.4 Å². The molecule has 5 nitrogen and oxygen atoms in total. The van der Waals surface area contributed by atoms with Crippen LogP contribution in [0, 0.1) is 11.3 Å². The molecule has 0 spiro atoms. The number of halogens is 1. The fourth-order valence-corrected chi connectivity index (χ4v) is 3.81. The third-order valence-electron chi connectivity index (χ3n) is 2.60. The maximum absolute atomic E-state index is 12.5. The number of hydrogen-bond donors (Lipinski definition) is 1. The summed E-state index contributed by atoms with van der Waals surface area (Å²) in [4.78, 5) is 0.167. The van der Waals surface area contributed by atoms with Gasteiger partial charge in [0, 0.05) is 29.2 Å². The zero-order valence-corrected chi connectivity index (χ0v) is 13.2. The van der Waals surface area contributed by atoms with E-state index in [4.69, 9.17) is 11.0 Å². The van der Waals surface area contributed by atoms with Crippen molar-refractivity contribution in [1.82, 2.24) is 4.31 Å². The molecule has 0 amide bonds. The van der Waals surface area contributed by atoms with Crippen molar-refractivity contribution in [1.29, 1.82) is 5.26 Å². The van der Waals surface area contributed by atoms with Gasteiger partial charge in [-0.2, -0.15) is 9.57 Å². The molecule has 0 unspecified atom stereocenters. The maximum Gasteiger partial charge on any atom is 0.243 e. The molecule has 0 saturated heterocycles. The standard InChI is InChI=1S/C12H16BrN3O2S/c1-9(2)16(7-3-6-14)19(17,18)10-4-5-12(15)11(13)8-10/h4-5,8-9H,3,7,15H2,1-2H3. The Labute approximate surface area is 122 Å². The lowest BCUT2D eigenvalue weighted by molar-refractivity contribution is 0.360. The van der Waals surface area contributed by atoms with Crippen molar-refractivity contribution >= 4 is 31.6 Å². The molecule has 7 heteroatoms. The van der Waals surface area contributed by atoms with E-state index in [0.717, 1.165) is 0 Å². The van der Waals surface area contributed by atoms with Gasteiger partial charge in [0.15, 0.2) is 0 Å². The summed E-state index contributed by atoms with van der Waals surface area (Å²) in [6.45, 7) is 3.74. The summed E-state index contributed by atoms with van der Waals surface area (Å²) in [5.41, 5.74) is 6.13. The molecule has 0 aliphatic carbocycles. The van der Waals surface area contributed by atoms with Gasteiger partial charge >= 0.3 is 0 Å². The average Bonchev–Trinajstić information content (AvgIpc) is 2.32. The predicted octanol–water partition coefficient (Wildman–Crippen LogP) is 2.34. The van der Waals surface area contributed by atoms with Gasteiger partial charge in [0.1, 0.15) is 0 Å². The van der Waals surface area contributed by atoms with Gasteiger partial charge in [0.25, 0.3) is 0 Å². The molecule has 1 aromatic carbocycles. The van der Waals surface area contributed by atoms with Crippen LogP contribution in [0.25, 0.3) is 0 Å². The molecule has 104 valence electrons. The molecule has 1 aromatic rings. The molecule has 0 aliphatic rings. The fourth-order valence-electron chi connectivity index (χ4n) is 1.62. The number of rotatable bonds is 5. The zero-order valence-electron chi connectivity index (χ0n) is 10.8. The van der Waals surface area contributed by atoms with Crippen LogP contribution in [-0.2, 0) is 10.0 Å². The van der Waals surface area contributed by atoms with Crippen LogP contribution in [0.5, 0.6) is 0 Å². The minimum atomic E-state index is -3.62. The number of nitrogens with zero attached hydrogens (tertiary/aromatic N) is 2. The molecule has 0 heterocycles. The third kappa shape index (κ3) is 3.69. The van der Waals surface area contributed by atoms with E-state index in [-0.39, 0.29) is 23.9 Å². The van der Waals surface area contributed by atoms with Crippen molar-refractivity contribution in [2.24, 2.45) is 0 Å². The van der Waals surface area contributed by atoms with Crippen molar-refractivity contribution in [2.45, 2.75) is 31.2 Å². The number of hydrogen-bond acceptors (Lipinski definition) is 4. The summed E-state index contributed by atoms with van der Waals surface area (Å²) >= 11 is 3.22. The fraction of sp³-hybridized carbons (Fsp3) is 0.417. The van der Waals surface area contributed by atoms with E-state index < -0.39 is 10.0 Å². The molecule has 2 N–H and O–H groups in total. The molecular formula is C12H16BrN3O2S. The lowest BCUT2D eigenvalue weighted by atomic mass is 10.3. The first-order valence-corrected chi connectivity index (χ1v) is 7.98. The van der Waals surface area contributed by atoms with Crippen LogP contribution in [0.2, 0.25) is 0 Å². The van der Waals surface area contributed by atoms with Gasteiger partial charge in [0.2, 0.25) is 10.0 Å². The zero-order chi connectivity index (χ0) is 14.6. The van der Waals surface area contributed by atoms with Crippen molar-refractivity contribution < 1.29 is 8.42 Å². The van der Waals surface area contributed by atoms with Crippen LogP contribution in [-0.4, -0.2) is 25.3 Å². The second-order valence-corrected chi connectivity index (χ2v) is 7.05. The predicted molar refractivity (Wildman–Crippen MR) is 77.8 cm³/mol. The molecule has 0 bridgehead atoms. The largest absolute Gasteiger partial charge is 0.398 e. The second-order valence-electron chi connectivity index (χ2n) is 4.30. The molecule has 0 atom stereocenters. The van der Waals surface area contributed by atoms with Gasteiger partial charge in [-0.05, 0) is 48.0 Å². The van der Waals surface area contributed by atoms with Gasteiger partial charge in [-0.15, -0.1) is 0 Å². The van der Waals surface area contributed by atoms with Crippen molar-refractivity contribution in [3.63, 3.8) is 0 Å². The highest BCUT2D eigenvalue weighted by Gasteiger charge is 2.26. The molecule has 0 aromatic heterocycles. The lowest BCUT2D eigenvalue weighted by Gasteiger charge is -2.25. The number of nitriles is 1. The Morgan fingerprint density at radius 1 is 1.47 bits per heavy atom. The summed E-state index contributed by atoms with van der Waals surface area (Å²) in [5.74, 6) is 0. The number of nitrogen functional groups attached to an aromatic ring is 1. The van der Waals surface area contributed by atoms with Crippen LogP contribution in [0.15, 0.2) is 27.6 Å². The molecule has 0 saturated carbocycles. The Morgan fingerprint density at radius 2 is 2.11 bits per heavy atom. The van der Waals surface area contributed by atoms with Gasteiger partial charge in [0.05, 0.1) is 11.0 Å². The first-order valence-electron chi connectivity index (χ1n) is 5.74. The summed E-state index contributed by atoms with van der Waals surface area (Å²) < 4.78 is 26.8. The van der Waals surface area contributed by atoms with Crippen molar-refractivity contribution in [3.8, 4) is 6.07 Å². The first kappa shape index (κ1) is 16.0. The van der Waals surface area contributed by atoms with Crippen molar-refractivity contribution in [2.75, 3.05) is 12.3 Å². The summed E-state index contributed by atoms with van der Waals surface area (Å²) in [6, 6.07) is 6.24. The minimum absolute atomic E-state index is 0.160. The molecule has 0 aliphatic heterocycles. The molecule has 0 radical (unpaired) electrons. The van der Waals surface area contributed by atoms with E-state index in [2.05, 4.69) is 15.9 Å². The molecular weight excluding hydrogens is 330 g/mol. The Morgan fingerprint density at radius 3 is 2.58 bits per heavy atom. The number of sulfonamides is 1. The highest BCUT2D eigenvalue weighted by molar-refractivity contribution is 9.10. The Balaban J connectivity index is 3.19. The minimum Gasteiger partial charge on any atom is -0.398 e. The van der Waals surface area contributed by atoms with Gasteiger partial charge in [-0.25, -0.2) is 8.42 Å². The summed E-state index contributed by atoms with van der Waals surface area (Å²) in [7, 11) is -3.62. The monoisotopic (exact) mass is 345 g/mol. The Bertz CT molecular complexity index is 593. The van der Waals surface area contributed by atoms with E-state index in [9.17, 15) is 8.42 Å². The summed E-state index contributed by atoms with van der Waals surface area (Å²) in [6.07, 6.45) is 0.160. The normalized spacial score (nSPS) is 11.8. The van der Waals surface area contributed by atoms with Gasteiger partial charge < -0.3 is 5.73 Å². The first-order chi connectivity index (χ1) is 8.80. The average molecular weight is 346 g/mol. The number of benzene rings is 1. The Hall–Kier alpha value is -1.10. The van der Waals surface area contributed by atoms with Gasteiger partial charge in [-0.3, -0.25) is 0 Å². The van der Waals surface area contributed by atoms with E-state index in [1.807, 2.05) is 6.07 Å². The topological polar surface area (TPSA) is 87.2 Å². The van der Waals surface area contributed by atoms with Gasteiger partial charge in [-0.1, -0.05) is 0 Å².